The minimum atomic E-state index is -4.73. The summed E-state index contributed by atoms with van der Waals surface area (Å²) in [6, 6.07) is 1.69. The van der Waals surface area contributed by atoms with Gasteiger partial charge in [-0.15, -0.1) is 0 Å². The van der Waals surface area contributed by atoms with Crippen molar-refractivity contribution in [1.82, 2.24) is 5.32 Å². The maximum absolute atomic E-state index is 12.2. The first-order valence-electron chi connectivity index (χ1n) is 5.15. The second kappa shape index (κ2) is 6.32. The first-order valence-corrected chi connectivity index (χ1v) is 5.91. The van der Waals surface area contributed by atoms with Gasteiger partial charge in [-0.3, -0.25) is 4.79 Å². The van der Waals surface area contributed by atoms with Crippen LogP contribution in [-0.2, 0) is 4.79 Å². The first-order chi connectivity index (χ1) is 9.10. The Morgan fingerprint density at radius 2 is 1.90 bits per heavy atom. The highest BCUT2D eigenvalue weighted by Gasteiger charge is 2.36. The molecule has 1 atom stereocenters. The smallest absolute Gasteiger partial charge is 0.391 e. The highest BCUT2D eigenvalue weighted by atomic mass is 35.5. The molecule has 0 aliphatic carbocycles. The van der Waals surface area contributed by atoms with Crippen LogP contribution in [0.15, 0.2) is 18.2 Å². The van der Waals surface area contributed by atoms with Gasteiger partial charge in [-0.2, -0.15) is 13.2 Å². The largest absolute Gasteiger partial charge is 0.480 e. The number of amides is 1. The molecule has 2 N–H and O–H groups in total. The summed E-state index contributed by atoms with van der Waals surface area (Å²) in [6.07, 6.45) is -6.42. The fourth-order valence-electron chi connectivity index (χ4n) is 1.34. The molecule has 0 saturated heterocycles. The number of hydrogen-bond donors (Lipinski definition) is 2. The molecule has 9 heteroatoms. The second-order valence-corrected chi connectivity index (χ2v) is 4.65. The van der Waals surface area contributed by atoms with E-state index in [9.17, 15) is 22.8 Å². The zero-order chi connectivity index (χ0) is 15.5. The molecule has 0 radical (unpaired) electrons. The van der Waals surface area contributed by atoms with Crippen LogP contribution in [0.3, 0.4) is 0 Å². The fourth-order valence-corrected chi connectivity index (χ4v) is 1.71. The number of carboxylic acids is 1. The molecule has 0 aliphatic heterocycles. The Bertz CT molecular complexity index is 534. The molecule has 0 spiro atoms. The van der Waals surface area contributed by atoms with Crippen LogP contribution >= 0.6 is 23.2 Å². The summed E-state index contributed by atoms with van der Waals surface area (Å²) in [5, 5.41) is 10.5. The molecule has 1 rings (SSSR count). The normalized spacial score (nSPS) is 12.8. The van der Waals surface area contributed by atoms with Crippen LogP contribution in [0.4, 0.5) is 13.2 Å². The summed E-state index contributed by atoms with van der Waals surface area (Å²) in [5.41, 5.74) is -0.201. The van der Waals surface area contributed by atoms with Crippen molar-refractivity contribution in [2.24, 2.45) is 0 Å². The average Bonchev–Trinajstić information content (AvgIpc) is 2.29. The highest BCUT2D eigenvalue weighted by molar-refractivity contribution is 6.35. The van der Waals surface area contributed by atoms with Crippen LogP contribution in [0.1, 0.15) is 16.8 Å². The van der Waals surface area contributed by atoms with Gasteiger partial charge in [0.05, 0.1) is 17.0 Å². The molecule has 1 aromatic carbocycles. The zero-order valence-electron chi connectivity index (χ0n) is 9.67. The van der Waals surface area contributed by atoms with Crippen molar-refractivity contribution in [3.63, 3.8) is 0 Å². The molecular formula is C11H8Cl2F3NO3. The van der Waals surface area contributed by atoms with Crippen LogP contribution in [0, 0.1) is 0 Å². The number of rotatable bonds is 4. The SMILES string of the molecule is O=C(NC(CC(F)(F)F)C(=O)O)c1cc(Cl)ccc1Cl. The summed E-state index contributed by atoms with van der Waals surface area (Å²) in [4.78, 5) is 22.5. The molecule has 0 bridgehead atoms. The Labute approximate surface area is 121 Å². The van der Waals surface area contributed by atoms with Crippen LogP contribution < -0.4 is 5.32 Å². The Balaban J connectivity index is 2.91. The first kappa shape index (κ1) is 16.6. The van der Waals surface area contributed by atoms with Gasteiger partial charge in [-0.1, -0.05) is 23.2 Å². The molecule has 0 fully saturated rings. The number of hydrogen-bond acceptors (Lipinski definition) is 2. The number of carboxylic acid groups (broad SMARTS) is 1. The number of aliphatic carboxylic acids is 1. The number of nitrogens with one attached hydrogen (secondary N) is 1. The van der Waals surface area contributed by atoms with Crippen molar-refractivity contribution in [2.45, 2.75) is 18.6 Å². The number of alkyl halides is 3. The summed E-state index contributed by atoms with van der Waals surface area (Å²) < 4.78 is 36.6. The van der Waals surface area contributed by atoms with Crippen molar-refractivity contribution in [3.8, 4) is 0 Å². The van der Waals surface area contributed by atoms with E-state index in [1.807, 2.05) is 0 Å². The number of carbonyl (C=O) groups is 2. The molecular weight excluding hydrogens is 322 g/mol. The van der Waals surface area contributed by atoms with Gasteiger partial charge >= 0.3 is 12.1 Å². The Morgan fingerprint density at radius 3 is 2.40 bits per heavy atom. The van der Waals surface area contributed by atoms with E-state index in [0.29, 0.717) is 0 Å². The van der Waals surface area contributed by atoms with Gasteiger partial charge in [0, 0.05) is 5.02 Å². The lowest BCUT2D eigenvalue weighted by molar-refractivity contribution is -0.157. The monoisotopic (exact) mass is 329 g/mol. The van der Waals surface area contributed by atoms with Gasteiger partial charge in [-0.25, -0.2) is 4.79 Å². The van der Waals surface area contributed by atoms with Gasteiger partial charge in [0.2, 0.25) is 0 Å². The van der Waals surface area contributed by atoms with E-state index in [0.717, 1.165) is 6.07 Å². The zero-order valence-corrected chi connectivity index (χ0v) is 11.2. The van der Waals surface area contributed by atoms with E-state index in [2.05, 4.69) is 0 Å². The lowest BCUT2D eigenvalue weighted by Crippen LogP contribution is -2.43. The molecule has 20 heavy (non-hydrogen) atoms. The van der Waals surface area contributed by atoms with Gasteiger partial charge < -0.3 is 10.4 Å². The topological polar surface area (TPSA) is 66.4 Å². The van der Waals surface area contributed by atoms with E-state index in [1.165, 1.54) is 12.1 Å². The van der Waals surface area contributed by atoms with Crippen molar-refractivity contribution in [2.75, 3.05) is 0 Å². The maximum Gasteiger partial charge on any atom is 0.391 e. The molecule has 110 valence electrons. The van der Waals surface area contributed by atoms with E-state index in [1.54, 1.807) is 5.32 Å². The third kappa shape index (κ3) is 4.90. The molecule has 4 nitrogen and oxygen atoms in total. The molecule has 0 heterocycles. The standard InChI is InChI=1S/C11H8Cl2F3NO3/c12-5-1-2-7(13)6(3-5)9(18)17-8(10(19)20)4-11(14,15)16/h1-3,8H,4H2,(H,17,18)(H,19,20). The molecule has 1 unspecified atom stereocenters. The molecule has 0 saturated carbocycles. The lowest BCUT2D eigenvalue weighted by atomic mass is 10.1. The van der Waals surface area contributed by atoms with E-state index >= 15 is 0 Å². The van der Waals surface area contributed by atoms with Crippen LogP contribution in [0.2, 0.25) is 10.0 Å². The number of carbonyl (C=O) groups excluding carboxylic acids is 1. The van der Waals surface area contributed by atoms with Crippen LogP contribution in [-0.4, -0.2) is 29.2 Å². The Kier molecular flexibility index (Phi) is 5.24. The van der Waals surface area contributed by atoms with Crippen LogP contribution in [0.25, 0.3) is 0 Å². The maximum atomic E-state index is 12.2. The predicted molar refractivity (Wildman–Crippen MR) is 66.0 cm³/mol. The third-order valence-electron chi connectivity index (χ3n) is 2.21. The molecule has 0 aromatic heterocycles. The predicted octanol–water partition coefficient (Wildman–Crippen LogP) is 3.13. The quantitative estimate of drug-likeness (QED) is 0.891. The lowest BCUT2D eigenvalue weighted by Gasteiger charge is -2.16. The second-order valence-electron chi connectivity index (χ2n) is 3.81. The van der Waals surface area contributed by atoms with Gasteiger partial charge in [0.25, 0.3) is 5.91 Å². The van der Waals surface area contributed by atoms with E-state index in [-0.39, 0.29) is 15.6 Å². The summed E-state index contributed by atoms with van der Waals surface area (Å²) in [6.45, 7) is 0. The minimum absolute atomic E-state index is 0.0527. The van der Waals surface area contributed by atoms with Crippen molar-refractivity contribution < 1.29 is 27.9 Å². The molecule has 0 aliphatic rings. The minimum Gasteiger partial charge on any atom is -0.480 e. The molecule has 1 amide bonds. The Hall–Kier alpha value is -1.47. The Morgan fingerprint density at radius 1 is 1.30 bits per heavy atom. The van der Waals surface area contributed by atoms with Gasteiger partial charge in [0.15, 0.2) is 0 Å². The third-order valence-corrected chi connectivity index (χ3v) is 2.78. The number of halogens is 5. The summed E-state index contributed by atoms with van der Waals surface area (Å²) in [7, 11) is 0. The van der Waals surface area contributed by atoms with Gasteiger partial charge in [0.1, 0.15) is 6.04 Å². The van der Waals surface area contributed by atoms with Crippen molar-refractivity contribution in [1.29, 1.82) is 0 Å². The highest BCUT2D eigenvalue weighted by Crippen LogP contribution is 2.23. The average molecular weight is 330 g/mol. The summed E-state index contributed by atoms with van der Waals surface area (Å²) in [5.74, 6) is -2.84. The molecule has 1 aromatic rings. The summed E-state index contributed by atoms with van der Waals surface area (Å²) >= 11 is 11.3. The van der Waals surface area contributed by atoms with E-state index < -0.39 is 30.5 Å². The van der Waals surface area contributed by atoms with Crippen LogP contribution in [0.5, 0.6) is 0 Å². The van der Waals surface area contributed by atoms with Crippen molar-refractivity contribution >= 4 is 35.1 Å². The number of benzene rings is 1. The van der Waals surface area contributed by atoms with Gasteiger partial charge in [-0.05, 0) is 18.2 Å². The van der Waals surface area contributed by atoms with Crippen molar-refractivity contribution in [3.05, 3.63) is 33.8 Å². The fraction of sp³-hybridized carbons (Fsp3) is 0.273. The van der Waals surface area contributed by atoms with E-state index in [4.69, 9.17) is 28.3 Å².